The Morgan fingerprint density at radius 3 is 2.50 bits per heavy atom. The molecule has 0 spiro atoms. The van der Waals surface area contributed by atoms with E-state index in [9.17, 15) is 8.42 Å². The number of benzene rings is 1. The van der Waals surface area contributed by atoms with Crippen LogP contribution in [0.4, 0.5) is 5.82 Å². The molecule has 1 aliphatic rings. The Bertz CT molecular complexity index is 996. The quantitative estimate of drug-likeness (QED) is 0.670. The summed E-state index contributed by atoms with van der Waals surface area (Å²) < 4.78 is 33.2. The largest absolute Gasteiger partial charge is 0.373 e. The molecule has 3 aromatic rings. The van der Waals surface area contributed by atoms with E-state index in [0.717, 1.165) is 30.0 Å². The number of thiophene rings is 1. The SMILES string of the molecule is O=S(=O)(NCc1ccc(-c2cccs2)cc1)c1ccc(N2CCOCC2)[nH+]c1. The number of nitrogens with zero attached hydrogens (tertiary/aromatic N) is 1. The Morgan fingerprint density at radius 1 is 1.07 bits per heavy atom. The Balaban J connectivity index is 1.39. The lowest BCUT2D eigenvalue weighted by molar-refractivity contribution is -0.367. The predicted octanol–water partition coefficient (Wildman–Crippen LogP) is 2.54. The molecule has 6 nitrogen and oxygen atoms in total. The van der Waals surface area contributed by atoms with Gasteiger partial charge in [0, 0.05) is 17.5 Å². The molecule has 3 heterocycles. The number of H-pyrrole nitrogens is 1. The van der Waals surface area contributed by atoms with Gasteiger partial charge in [-0.25, -0.2) is 18.1 Å². The van der Waals surface area contributed by atoms with Gasteiger partial charge in [-0.15, -0.1) is 11.3 Å². The zero-order chi connectivity index (χ0) is 19.4. The van der Waals surface area contributed by atoms with Crippen molar-refractivity contribution < 1.29 is 18.1 Å². The number of hydrogen-bond acceptors (Lipinski definition) is 5. The van der Waals surface area contributed by atoms with Crippen molar-refractivity contribution >= 4 is 27.2 Å². The number of aromatic amines is 1. The molecule has 1 saturated heterocycles. The number of pyridine rings is 1. The van der Waals surface area contributed by atoms with Gasteiger partial charge in [0.1, 0.15) is 24.2 Å². The number of anilines is 1. The smallest absolute Gasteiger partial charge is 0.274 e. The van der Waals surface area contributed by atoms with E-state index in [4.69, 9.17) is 4.74 Å². The van der Waals surface area contributed by atoms with Gasteiger partial charge in [0.15, 0.2) is 0 Å². The van der Waals surface area contributed by atoms with Crippen molar-refractivity contribution in [1.82, 2.24) is 4.72 Å². The molecule has 0 atom stereocenters. The standard InChI is InChI=1S/C20H21N3O3S2/c24-28(25,18-7-8-20(21-15-18)23-9-11-26-12-10-23)22-14-16-3-5-17(6-4-16)19-2-1-13-27-19/h1-8,13,15,22H,9-12,14H2/p+1. The fraction of sp³-hybridized carbons (Fsp3) is 0.250. The zero-order valence-corrected chi connectivity index (χ0v) is 16.9. The number of sulfonamides is 1. The van der Waals surface area contributed by atoms with Crippen LogP contribution < -0.4 is 14.6 Å². The average molecular weight is 417 g/mol. The first kappa shape index (κ1) is 19.1. The number of nitrogens with one attached hydrogen (secondary N) is 2. The van der Waals surface area contributed by atoms with Crippen molar-refractivity contribution in [2.45, 2.75) is 11.4 Å². The monoisotopic (exact) mass is 416 g/mol. The van der Waals surface area contributed by atoms with Gasteiger partial charge in [-0.05, 0) is 28.6 Å². The van der Waals surface area contributed by atoms with Crippen molar-refractivity contribution in [3.05, 3.63) is 65.7 Å². The summed E-state index contributed by atoms with van der Waals surface area (Å²) in [7, 11) is -3.58. The number of ether oxygens (including phenoxy) is 1. The van der Waals surface area contributed by atoms with Gasteiger partial charge in [0.2, 0.25) is 10.0 Å². The maximum absolute atomic E-state index is 12.6. The van der Waals surface area contributed by atoms with Crippen molar-refractivity contribution in [3.63, 3.8) is 0 Å². The van der Waals surface area contributed by atoms with Crippen LogP contribution in [0.25, 0.3) is 10.4 Å². The van der Waals surface area contributed by atoms with Crippen LogP contribution in [0.15, 0.2) is 65.0 Å². The molecular weight excluding hydrogens is 394 g/mol. The molecule has 146 valence electrons. The molecule has 0 radical (unpaired) electrons. The topological polar surface area (TPSA) is 72.8 Å². The van der Waals surface area contributed by atoms with Crippen LogP contribution in [-0.2, 0) is 21.3 Å². The summed E-state index contributed by atoms with van der Waals surface area (Å²) in [5.74, 6) is 0.895. The Labute approximate surface area is 168 Å². The van der Waals surface area contributed by atoms with E-state index >= 15 is 0 Å². The lowest BCUT2D eigenvalue weighted by Crippen LogP contribution is -2.39. The van der Waals surface area contributed by atoms with E-state index in [0.29, 0.717) is 13.2 Å². The van der Waals surface area contributed by atoms with Crippen LogP contribution >= 0.6 is 11.3 Å². The summed E-state index contributed by atoms with van der Waals surface area (Å²) in [6.45, 7) is 3.20. The van der Waals surface area contributed by atoms with E-state index in [-0.39, 0.29) is 11.4 Å². The highest BCUT2D eigenvalue weighted by molar-refractivity contribution is 7.89. The third-order valence-corrected chi connectivity index (χ3v) is 6.97. The molecule has 1 aliphatic heterocycles. The lowest BCUT2D eigenvalue weighted by Gasteiger charge is -2.21. The third kappa shape index (κ3) is 4.41. The van der Waals surface area contributed by atoms with Crippen LogP contribution in [-0.4, -0.2) is 34.7 Å². The van der Waals surface area contributed by atoms with E-state index in [1.54, 1.807) is 23.5 Å². The highest BCUT2D eigenvalue weighted by atomic mass is 32.2. The summed E-state index contributed by atoms with van der Waals surface area (Å²) in [4.78, 5) is 6.65. The highest BCUT2D eigenvalue weighted by Gasteiger charge is 2.21. The van der Waals surface area contributed by atoms with Crippen LogP contribution in [0.3, 0.4) is 0 Å². The molecule has 8 heteroatoms. The minimum absolute atomic E-state index is 0.222. The molecule has 0 unspecified atom stereocenters. The zero-order valence-electron chi connectivity index (χ0n) is 15.3. The Hall–Kier alpha value is -2.26. The van der Waals surface area contributed by atoms with Gasteiger partial charge in [-0.2, -0.15) is 0 Å². The Kier molecular flexibility index (Phi) is 5.72. The number of rotatable bonds is 6. The van der Waals surface area contributed by atoms with Crippen molar-refractivity contribution in [2.24, 2.45) is 0 Å². The molecule has 4 rings (SSSR count). The fourth-order valence-electron chi connectivity index (χ4n) is 3.06. The van der Waals surface area contributed by atoms with Crippen molar-refractivity contribution in [3.8, 4) is 10.4 Å². The minimum atomic E-state index is -3.58. The van der Waals surface area contributed by atoms with Crippen LogP contribution in [0.2, 0.25) is 0 Å². The van der Waals surface area contributed by atoms with Crippen LogP contribution in [0.1, 0.15) is 5.56 Å². The number of morpholine rings is 1. The summed E-state index contributed by atoms with van der Waals surface area (Å²) in [6.07, 6.45) is 1.53. The molecule has 1 aromatic carbocycles. The first-order valence-corrected chi connectivity index (χ1v) is 11.4. The van der Waals surface area contributed by atoms with Gasteiger partial charge < -0.3 is 4.74 Å². The van der Waals surface area contributed by atoms with Crippen LogP contribution in [0.5, 0.6) is 0 Å². The van der Waals surface area contributed by atoms with Gasteiger partial charge in [-0.1, -0.05) is 30.3 Å². The van der Waals surface area contributed by atoms with Crippen molar-refractivity contribution in [2.75, 3.05) is 31.2 Å². The first-order valence-electron chi connectivity index (χ1n) is 9.09. The molecule has 0 saturated carbocycles. The summed E-state index contributed by atoms with van der Waals surface area (Å²) >= 11 is 1.68. The minimum Gasteiger partial charge on any atom is -0.373 e. The average Bonchev–Trinajstić information content (AvgIpc) is 3.28. The van der Waals surface area contributed by atoms with Crippen LogP contribution in [0, 0.1) is 0 Å². The van der Waals surface area contributed by atoms with Gasteiger partial charge in [-0.3, -0.25) is 4.90 Å². The van der Waals surface area contributed by atoms with Gasteiger partial charge in [0.25, 0.3) is 5.82 Å². The van der Waals surface area contributed by atoms with E-state index < -0.39 is 10.0 Å². The van der Waals surface area contributed by atoms with Crippen molar-refractivity contribution in [1.29, 1.82) is 0 Å². The number of hydrogen-bond donors (Lipinski definition) is 1. The third-order valence-electron chi connectivity index (χ3n) is 4.66. The molecule has 28 heavy (non-hydrogen) atoms. The molecule has 2 aromatic heterocycles. The summed E-state index contributed by atoms with van der Waals surface area (Å²) in [6, 6.07) is 15.4. The highest BCUT2D eigenvalue weighted by Crippen LogP contribution is 2.24. The fourth-order valence-corrected chi connectivity index (χ4v) is 4.78. The second kappa shape index (κ2) is 8.40. The molecule has 2 N–H and O–H groups in total. The van der Waals surface area contributed by atoms with E-state index in [2.05, 4.69) is 20.7 Å². The van der Waals surface area contributed by atoms with E-state index in [1.807, 2.05) is 35.7 Å². The second-order valence-corrected chi connectivity index (χ2v) is 9.22. The second-order valence-electron chi connectivity index (χ2n) is 6.51. The summed E-state index contributed by atoms with van der Waals surface area (Å²) in [5, 5.41) is 2.04. The maximum Gasteiger partial charge on any atom is 0.274 e. The number of aromatic nitrogens is 1. The van der Waals surface area contributed by atoms with Gasteiger partial charge in [0.05, 0.1) is 13.2 Å². The maximum atomic E-state index is 12.6. The molecule has 0 amide bonds. The normalized spacial score (nSPS) is 14.9. The first-order chi connectivity index (χ1) is 13.6. The van der Waals surface area contributed by atoms with E-state index in [1.165, 1.54) is 11.1 Å². The molecule has 0 bridgehead atoms. The predicted molar refractivity (Wildman–Crippen MR) is 110 cm³/mol. The molecule has 0 aliphatic carbocycles. The molecule has 1 fully saturated rings. The summed E-state index contributed by atoms with van der Waals surface area (Å²) in [5.41, 5.74) is 2.05. The Morgan fingerprint density at radius 2 is 1.86 bits per heavy atom. The van der Waals surface area contributed by atoms with Gasteiger partial charge >= 0.3 is 0 Å². The molecular formula is C20H22N3O3S2+. The lowest BCUT2D eigenvalue weighted by atomic mass is 10.1.